The molecule has 3 rings (SSSR count). The first-order chi connectivity index (χ1) is 12.0. The highest BCUT2D eigenvalue weighted by atomic mass is 32.2. The lowest BCUT2D eigenvalue weighted by molar-refractivity contribution is 0.138. The standard InChI is InChI=1S/C18H20FNO4S/c19-10-14-9-15(11-20-18(14)21)16-3-1-2-4-17(16)25(22,23)8-7-24-12-13-5-6-13/h1-4,9,11,13H,5-8,10,12H2,(H,20,21). The number of aromatic nitrogens is 1. The largest absolute Gasteiger partial charge is 0.380 e. The molecule has 1 saturated carbocycles. The lowest BCUT2D eigenvalue weighted by Crippen LogP contribution is -2.15. The molecule has 1 fully saturated rings. The van der Waals surface area contributed by atoms with Crippen LogP contribution < -0.4 is 5.56 Å². The topological polar surface area (TPSA) is 76.2 Å². The third kappa shape index (κ3) is 4.35. The Morgan fingerprint density at radius 1 is 1.24 bits per heavy atom. The number of benzene rings is 1. The summed E-state index contributed by atoms with van der Waals surface area (Å²) < 4.78 is 43.7. The molecule has 2 aromatic rings. The van der Waals surface area contributed by atoms with Gasteiger partial charge >= 0.3 is 0 Å². The van der Waals surface area contributed by atoms with Gasteiger partial charge in [-0.1, -0.05) is 18.2 Å². The van der Waals surface area contributed by atoms with Gasteiger partial charge in [0, 0.05) is 23.9 Å². The van der Waals surface area contributed by atoms with Crippen molar-refractivity contribution >= 4 is 9.84 Å². The van der Waals surface area contributed by atoms with Gasteiger partial charge in [0.2, 0.25) is 0 Å². The summed E-state index contributed by atoms with van der Waals surface area (Å²) in [6, 6.07) is 7.90. The van der Waals surface area contributed by atoms with E-state index >= 15 is 0 Å². The first kappa shape index (κ1) is 17.8. The molecule has 1 heterocycles. The van der Waals surface area contributed by atoms with Crippen LogP contribution in [-0.4, -0.2) is 32.4 Å². The summed E-state index contributed by atoms with van der Waals surface area (Å²) in [5.74, 6) is 0.464. The molecule has 5 nitrogen and oxygen atoms in total. The summed E-state index contributed by atoms with van der Waals surface area (Å²) in [5, 5.41) is 0. The fourth-order valence-electron chi connectivity index (χ4n) is 2.58. The van der Waals surface area contributed by atoms with Gasteiger partial charge in [-0.15, -0.1) is 0 Å². The minimum atomic E-state index is -3.56. The highest BCUT2D eigenvalue weighted by molar-refractivity contribution is 7.91. The van der Waals surface area contributed by atoms with Crippen LogP contribution in [0.25, 0.3) is 11.1 Å². The highest BCUT2D eigenvalue weighted by Gasteiger charge is 2.23. The average Bonchev–Trinajstić information content (AvgIpc) is 3.44. The fourth-order valence-corrected chi connectivity index (χ4v) is 3.94. The maximum atomic E-state index is 12.9. The van der Waals surface area contributed by atoms with Crippen LogP contribution in [0.15, 0.2) is 46.2 Å². The Morgan fingerprint density at radius 3 is 2.72 bits per heavy atom. The smallest absolute Gasteiger partial charge is 0.253 e. The van der Waals surface area contributed by atoms with E-state index in [0.29, 0.717) is 23.7 Å². The normalized spacial score (nSPS) is 14.6. The molecule has 1 N–H and O–H groups in total. The van der Waals surface area contributed by atoms with E-state index in [1.54, 1.807) is 18.2 Å². The summed E-state index contributed by atoms with van der Waals surface area (Å²) in [4.78, 5) is 14.1. The zero-order valence-corrected chi connectivity index (χ0v) is 14.5. The van der Waals surface area contributed by atoms with E-state index < -0.39 is 22.1 Å². The van der Waals surface area contributed by atoms with Crippen molar-refractivity contribution in [3.63, 3.8) is 0 Å². The molecule has 0 unspecified atom stereocenters. The van der Waals surface area contributed by atoms with E-state index in [1.807, 2.05) is 0 Å². The predicted molar refractivity (Wildman–Crippen MR) is 92.9 cm³/mol. The molecule has 7 heteroatoms. The quantitative estimate of drug-likeness (QED) is 0.730. The van der Waals surface area contributed by atoms with E-state index in [1.165, 1.54) is 18.3 Å². The van der Waals surface area contributed by atoms with Gasteiger partial charge in [-0.3, -0.25) is 4.79 Å². The summed E-state index contributed by atoms with van der Waals surface area (Å²) in [5.41, 5.74) is 0.360. The Labute approximate surface area is 145 Å². The summed E-state index contributed by atoms with van der Waals surface area (Å²) >= 11 is 0. The first-order valence-electron chi connectivity index (χ1n) is 8.19. The maximum Gasteiger partial charge on any atom is 0.253 e. The Kier molecular flexibility index (Phi) is 5.34. The van der Waals surface area contributed by atoms with E-state index in [-0.39, 0.29) is 22.8 Å². The molecule has 1 aromatic carbocycles. The number of aromatic amines is 1. The van der Waals surface area contributed by atoms with Crippen LogP contribution in [-0.2, 0) is 21.2 Å². The van der Waals surface area contributed by atoms with Crippen molar-refractivity contribution in [2.45, 2.75) is 24.4 Å². The number of rotatable bonds is 8. The fraction of sp³-hybridized carbons (Fsp3) is 0.389. The minimum Gasteiger partial charge on any atom is -0.380 e. The Hall–Kier alpha value is -1.99. The highest BCUT2D eigenvalue weighted by Crippen LogP contribution is 2.29. The van der Waals surface area contributed by atoms with Crippen LogP contribution in [0.4, 0.5) is 4.39 Å². The number of alkyl halides is 1. The molecule has 0 radical (unpaired) electrons. The van der Waals surface area contributed by atoms with Gasteiger partial charge in [-0.05, 0) is 36.5 Å². The number of H-pyrrole nitrogens is 1. The minimum absolute atomic E-state index is 0.0301. The summed E-state index contributed by atoms with van der Waals surface area (Å²) in [6.07, 6.45) is 3.71. The number of ether oxygens (including phenoxy) is 1. The number of hydrogen-bond donors (Lipinski definition) is 1. The number of hydrogen-bond acceptors (Lipinski definition) is 4. The Balaban J connectivity index is 1.85. The van der Waals surface area contributed by atoms with Crippen molar-refractivity contribution in [2.75, 3.05) is 19.0 Å². The molecule has 1 aliphatic carbocycles. The molecule has 1 aliphatic rings. The number of halogens is 1. The second-order valence-corrected chi connectivity index (χ2v) is 8.29. The van der Waals surface area contributed by atoms with Crippen LogP contribution in [0.5, 0.6) is 0 Å². The second-order valence-electron chi connectivity index (χ2n) is 6.21. The van der Waals surface area contributed by atoms with E-state index in [4.69, 9.17) is 4.74 Å². The van der Waals surface area contributed by atoms with Gasteiger partial charge in [0.15, 0.2) is 9.84 Å². The molecule has 25 heavy (non-hydrogen) atoms. The van der Waals surface area contributed by atoms with Gasteiger partial charge in [0.1, 0.15) is 6.67 Å². The van der Waals surface area contributed by atoms with Crippen LogP contribution in [0.1, 0.15) is 18.4 Å². The molecule has 0 amide bonds. The van der Waals surface area contributed by atoms with E-state index in [0.717, 1.165) is 12.8 Å². The van der Waals surface area contributed by atoms with Crippen molar-refractivity contribution in [2.24, 2.45) is 5.92 Å². The molecule has 134 valence electrons. The predicted octanol–water partition coefficient (Wildman–Crippen LogP) is 2.71. The van der Waals surface area contributed by atoms with Gasteiger partial charge in [-0.25, -0.2) is 12.8 Å². The van der Waals surface area contributed by atoms with Crippen molar-refractivity contribution < 1.29 is 17.5 Å². The SMILES string of the molecule is O=c1[nH]cc(-c2ccccc2S(=O)(=O)CCOCC2CC2)cc1CF. The number of sulfone groups is 1. The van der Waals surface area contributed by atoms with Gasteiger partial charge < -0.3 is 9.72 Å². The van der Waals surface area contributed by atoms with E-state index in [2.05, 4.69) is 4.98 Å². The molecular weight excluding hydrogens is 345 g/mol. The van der Waals surface area contributed by atoms with Crippen molar-refractivity contribution in [3.8, 4) is 11.1 Å². The Bertz CT molecular complexity index is 903. The van der Waals surface area contributed by atoms with Crippen molar-refractivity contribution in [3.05, 3.63) is 52.4 Å². The number of pyridine rings is 1. The molecular formula is C18H20FNO4S. The average molecular weight is 365 g/mol. The van der Waals surface area contributed by atoms with Crippen molar-refractivity contribution in [1.82, 2.24) is 4.98 Å². The lowest BCUT2D eigenvalue weighted by Gasteiger charge is -2.11. The summed E-state index contributed by atoms with van der Waals surface area (Å²) in [6.45, 7) is -0.154. The third-order valence-electron chi connectivity index (χ3n) is 4.20. The van der Waals surface area contributed by atoms with Gasteiger partial charge in [0.05, 0.1) is 17.3 Å². The van der Waals surface area contributed by atoms with Crippen LogP contribution >= 0.6 is 0 Å². The van der Waals surface area contributed by atoms with E-state index in [9.17, 15) is 17.6 Å². The maximum absolute atomic E-state index is 12.9. The second kappa shape index (κ2) is 7.49. The number of nitrogens with one attached hydrogen (secondary N) is 1. The lowest BCUT2D eigenvalue weighted by atomic mass is 10.1. The molecule has 0 bridgehead atoms. The Morgan fingerprint density at radius 2 is 2.00 bits per heavy atom. The third-order valence-corrected chi connectivity index (χ3v) is 5.93. The van der Waals surface area contributed by atoms with Crippen LogP contribution in [0, 0.1) is 5.92 Å². The van der Waals surface area contributed by atoms with Gasteiger partial charge in [0.25, 0.3) is 5.56 Å². The zero-order chi connectivity index (χ0) is 17.9. The first-order valence-corrected chi connectivity index (χ1v) is 9.84. The molecule has 0 spiro atoms. The van der Waals surface area contributed by atoms with Crippen LogP contribution in [0.2, 0.25) is 0 Å². The van der Waals surface area contributed by atoms with Gasteiger partial charge in [-0.2, -0.15) is 0 Å². The molecule has 0 saturated heterocycles. The molecule has 0 atom stereocenters. The summed E-state index contributed by atoms with van der Waals surface area (Å²) in [7, 11) is -3.56. The zero-order valence-electron chi connectivity index (χ0n) is 13.7. The monoisotopic (exact) mass is 365 g/mol. The van der Waals surface area contributed by atoms with Crippen molar-refractivity contribution in [1.29, 1.82) is 0 Å². The molecule has 0 aliphatic heterocycles. The molecule has 1 aromatic heterocycles. The van der Waals surface area contributed by atoms with Crippen LogP contribution in [0.3, 0.4) is 0 Å².